The maximum atomic E-state index is 12.5. The molecule has 0 aliphatic heterocycles. The van der Waals surface area contributed by atoms with E-state index >= 15 is 0 Å². The molecule has 1 aliphatic rings. The van der Waals surface area contributed by atoms with Crippen molar-refractivity contribution in [3.8, 4) is 0 Å². The van der Waals surface area contributed by atoms with E-state index in [1.54, 1.807) is 0 Å². The SMILES string of the molecule is CCNC(=O)NC(=O)[C@@H]([NH2+]CCC1=CCCCC1)c1ccccc1. The maximum Gasteiger partial charge on any atom is 0.321 e. The van der Waals surface area contributed by atoms with Crippen LogP contribution in [0.1, 0.15) is 50.6 Å². The zero-order valence-corrected chi connectivity index (χ0v) is 14.4. The topological polar surface area (TPSA) is 74.8 Å². The highest BCUT2D eigenvalue weighted by molar-refractivity contribution is 5.96. The summed E-state index contributed by atoms with van der Waals surface area (Å²) >= 11 is 0. The molecule has 0 aromatic heterocycles. The van der Waals surface area contributed by atoms with E-state index in [2.05, 4.69) is 16.7 Å². The van der Waals surface area contributed by atoms with Gasteiger partial charge in [0, 0.05) is 18.5 Å². The number of rotatable bonds is 7. The third-order valence-electron chi connectivity index (χ3n) is 4.27. The Morgan fingerprint density at radius 3 is 2.67 bits per heavy atom. The molecule has 0 radical (unpaired) electrons. The first-order valence-electron chi connectivity index (χ1n) is 8.85. The predicted octanol–water partition coefficient (Wildman–Crippen LogP) is 2.03. The minimum Gasteiger partial charge on any atom is -0.338 e. The van der Waals surface area contributed by atoms with Crippen molar-refractivity contribution >= 4 is 11.9 Å². The zero-order valence-electron chi connectivity index (χ0n) is 14.4. The normalized spacial score (nSPS) is 15.3. The highest BCUT2D eigenvalue weighted by Crippen LogP contribution is 2.19. The van der Waals surface area contributed by atoms with Gasteiger partial charge in [0.15, 0.2) is 6.04 Å². The second-order valence-electron chi connectivity index (χ2n) is 6.12. The molecule has 0 saturated heterocycles. The van der Waals surface area contributed by atoms with Crippen LogP contribution in [0.15, 0.2) is 42.0 Å². The predicted molar refractivity (Wildman–Crippen MR) is 94.4 cm³/mol. The lowest BCUT2D eigenvalue weighted by atomic mass is 9.97. The molecule has 0 saturated carbocycles. The van der Waals surface area contributed by atoms with Crippen molar-refractivity contribution in [2.75, 3.05) is 13.1 Å². The smallest absolute Gasteiger partial charge is 0.321 e. The molecule has 0 fully saturated rings. The van der Waals surface area contributed by atoms with E-state index < -0.39 is 12.1 Å². The van der Waals surface area contributed by atoms with Crippen LogP contribution in [0.25, 0.3) is 0 Å². The van der Waals surface area contributed by atoms with E-state index in [0.29, 0.717) is 6.54 Å². The Labute approximate surface area is 143 Å². The van der Waals surface area contributed by atoms with Gasteiger partial charge < -0.3 is 10.6 Å². The highest BCUT2D eigenvalue weighted by Gasteiger charge is 2.25. The molecule has 1 aromatic rings. The number of allylic oxidation sites excluding steroid dienone is 1. The van der Waals surface area contributed by atoms with Gasteiger partial charge in [-0.3, -0.25) is 10.1 Å². The van der Waals surface area contributed by atoms with Crippen LogP contribution < -0.4 is 16.0 Å². The van der Waals surface area contributed by atoms with Gasteiger partial charge in [0.25, 0.3) is 5.91 Å². The zero-order chi connectivity index (χ0) is 17.2. The number of nitrogens with two attached hydrogens (primary N) is 1. The van der Waals surface area contributed by atoms with E-state index in [4.69, 9.17) is 0 Å². The summed E-state index contributed by atoms with van der Waals surface area (Å²) in [6, 6.07) is 8.77. The Kier molecular flexibility index (Phi) is 7.49. The molecule has 130 valence electrons. The molecule has 0 spiro atoms. The first kappa shape index (κ1) is 18.2. The van der Waals surface area contributed by atoms with Crippen LogP contribution in [0.5, 0.6) is 0 Å². The Balaban J connectivity index is 1.96. The summed E-state index contributed by atoms with van der Waals surface area (Å²) in [5.74, 6) is -0.273. The van der Waals surface area contributed by atoms with E-state index in [1.807, 2.05) is 42.6 Å². The largest absolute Gasteiger partial charge is 0.338 e. The van der Waals surface area contributed by atoms with Gasteiger partial charge in [-0.1, -0.05) is 42.0 Å². The number of hydrogen-bond donors (Lipinski definition) is 3. The van der Waals surface area contributed by atoms with Gasteiger partial charge in [-0.15, -0.1) is 0 Å². The lowest BCUT2D eigenvalue weighted by molar-refractivity contribution is -0.682. The quantitative estimate of drug-likeness (QED) is 0.669. The van der Waals surface area contributed by atoms with Crippen LogP contribution in [0.3, 0.4) is 0 Å². The third-order valence-corrected chi connectivity index (χ3v) is 4.27. The van der Waals surface area contributed by atoms with Crippen LogP contribution in [0.2, 0.25) is 0 Å². The van der Waals surface area contributed by atoms with Crippen LogP contribution in [-0.2, 0) is 4.79 Å². The average Bonchev–Trinajstić information content (AvgIpc) is 2.60. The van der Waals surface area contributed by atoms with Crippen molar-refractivity contribution in [1.82, 2.24) is 10.6 Å². The molecule has 5 nitrogen and oxygen atoms in total. The van der Waals surface area contributed by atoms with E-state index in [0.717, 1.165) is 18.5 Å². The number of quaternary nitrogens is 1. The van der Waals surface area contributed by atoms with Crippen molar-refractivity contribution in [2.24, 2.45) is 0 Å². The molecule has 24 heavy (non-hydrogen) atoms. The molecular formula is C19H28N3O2+. The number of carbonyl (C=O) groups excluding carboxylic acids is 2. The first-order chi connectivity index (χ1) is 11.7. The number of urea groups is 1. The lowest BCUT2D eigenvalue weighted by Gasteiger charge is -2.17. The molecule has 2 rings (SSSR count). The van der Waals surface area contributed by atoms with E-state index in [1.165, 1.54) is 31.3 Å². The second-order valence-corrected chi connectivity index (χ2v) is 6.12. The van der Waals surface area contributed by atoms with Gasteiger partial charge >= 0.3 is 6.03 Å². The monoisotopic (exact) mass is 330 g/mol. The van der Waals surface area contributed by atoms with Gasteiger partial charge in [-0.25, -0.2) is 4.79 Å². The van der Waals surface area contributed by atoms with E-state index in [9.17, 15) is 9.59 Å². The molecule has 1 aromatic carbocycles. The first-order valence-corrected chi connectivity index (χ1v) is 8.85. The summed E-state index contributed by atoms with van der Waals surface area (Å²) in [5, 5.41) is 7.06. The fraction of sp³-hybridized carbons (Fsp3) is 0.474. The van der Waals surface area contributed by atoms with Crippen LogP contribution in [-0.4, -0.2) is 25.0 Å². The van der Waals surface area contributed by atoms with Crippen molar-refractivity contribution in [3.05, 3.63) is 47.5 Å². The fourth-order valence-corrected chi connectivity index (χ4v) is 3.02. The summed E-state index contributed by atoms with van der Waals surface area (Å²) in [6.45, 7) is 3.16. The number of imide groups is 1. The number of carbonyl (C=O) groups is 2. The van der Waals surface area contributed by atoms with Gasteiger partial charge in [0.2, 0.25) is 0 Å². The van der Waals surface area contributed by atoms with Gasteiger partial charge in [0.1, 0.15) is 0 Å². The van der Waals surface area contributed by atoms with Crippen molar-refractivity contribution in [1.29, 1.82) is 0 Å². The summed E-state index contributed by atoms with van der Waals surface area (Å²) < 4.78 is 0. The Hall–Kier alpha value is -2.14. The minimum atomic E-state index is -0.438. The summed E-state index contributed by atoms with van der Waals surface area (Å²) in [4.78, 5) is 24.1. The van der Waals surface area contributed by atoms with Gasteiger partial charge in [-0.05, 0) is 32.6 Å². The van der Waals surface area contributed by atoms with Crippen LogP contribution >= 0.6 is 0 Å². The van der Waals surface area contributed by atoms with Crippen molar-refractivity contribution in [3.63, 3.8) is 0 Å². The van der Waals surface area contributed by atoms with Crippen LogP contribution in [0, 0.1) is 0 Å². The minimum absolute atomic E-state index is 0.273. The van der Waals surface area contributed by atoms with Crippen molar-refractivity contribution < 1.29 is 14.9 Å². The molecule has 5 heteroatoms. The van der Waals surface area contributed by atoms with Crippen LogP contribution in [0.4, 0.5) is 4.79 Å². The van der Waals surface area contributed by atoms with E-state index in [-0.39, 0.29) is 5.91 Å². The highest BCUT2D eigenvalue weighted by atomic mass is 16.2. The van der Waals surface area contributed by atoms with Crippen molar-refractivity contribution in [2.45, 2.75) is 45.1 Å². The molecule has 0 bridgehead atoms. The summed E-state index contributed by atoms with van der Waals surface area (Å²) in [5.41, 5.74) is 2.41. The number of benzene rings is 1. The number of amides is 3. The molecule has 0 heterocycles. The average molecular weight is 330 g/mol. The second kappa shape index (κ2) is 9.88. The Morgan fingerprint density at radius 1 is 1.21 bits per heavy atom. The summed E-state index contributed by atoms with van der Waals surface area (Å²) in [7, 11) is 0. The number of hydrogen-bond acceptors (Lipinski definition) is 2. The molecular weight excluding hydrogens is 302 g/mol. The maximum absolute atomic E-state index is 12.5. The third kappa shape index (κ3) is 5.81. The standard InChI is InChI=1S/C19H27N3O2/c1-2-20-19(24)22-18(23)17(16-11-7-4-8-12-16)21-14-13-15-9-5-3-6-10-15/h4,7-9,11-12,17,21H,2-3,5-6,10,13-14H2,1H3,(H2,20,22,23,24)/p+1/t17-/m0/s1. The molecule has 0 unspecified atom stereocenters. The molecule has 1 aliphatic carbocycles. The lowest BCUT2D eigenvalue weighted by Crippen LogP contribution is -2.88. The Morgan fingerprint density at radius 2 is 2.00 bits per heavy atom. The van der Waals surface area contributed by atoms with Gasteiger partial charge in [-0.2, -0.15) is 0 Å². The molecule has 4 N–H and O–H groups in total. The molecule has 3 amide bonds. The Bertz CT molecular complexity index is 569. The summed E-state index contributed by atoms with van der Waals surface area (Å²) in [6.07, 6.45) is 8.24. The van der Waals surface area contributed by atoms with Gasteiger partial charge in [0.05, 0.1) is 6.54 Å². The fourth-order valence-electron chi connectivity index (χ4n) is 3.02. The number of nitrogens with one attached hydrogen (secondary N) is 2. The molecule has 1 atom stereocenters.